The molecule has 0 radical (unpaired) electrons. The molecule has 0 saturated carbocycles. The fourth-order valence-corrected chi connectivity index (χ4v) is 2.30. The highest BCUT2D eigenvalue weighted by Crippen LogP contribution is 2.37. The second-order valence-electron chi connectivity index (χ2n) is 4.53. The zero-order valence-electron chi connectivity index (χ0n) is 10.0. The van der Waals surface area contributed by atoms with Crippen LogP contribution in [0.4, 0.5) is 0 Å². The Bertz CT molecular complexity index is 702. The molecule has 3 rings (SSSR count). The van der Waals surface area contributed by atoms with E-state index in [0.29, 0.717) is 22.5 Å². The summed E-state index contributed by atoms with van der Waals surface area (Å²) in [6, 6.07) is 0. The van der Waals surface area contributed by atoms with Gasteiger partial charge in [-0.25, -0.2) is 0 Å². The number of carbonyl (C=O) groups is 2. The lowest BCUT2D eigenvalue weighted by atomic mass is 9.81. The van der Waals surface area contributed by atoms with Gasteiger partial charge in [-0.3, -0.25) is 9.59 Å². The van der Waals surface area contributed by atoms with Gasteiger partial charge < -0.3 is 4.42 Å². The molecule has 1 unspecified atom stereocenters. The Kier molecular flexibility index (Phi) is 2.14. The maximum Gasteiger partial charge on any atom is 0.237 e. The molecule has 3 nitrogen and oxygen atoms in total. The standard InChI is InChI=1S/C15H10O3/c1-8-4-3-5-10-11(6-8)13(16)14(17)12-9(2)7-18-15(10)12/h4,6-7,10H,1-2H3. The minimum absolute atomic E-state index is 0.385. The van der Waals surface area contributed by atoms with Gasteiger partial charge >= 0.3 is 0 Å². The van der Waals surface area contributed by atoms with Crippen LogP contribution in [-0.2, 0) is 4.79 Å². The summed E-state index contributed by atoms with van der Waals surface area (Å²) in [7, 11) is 0. The molecule has 88 valence electrons. The molecule has 1 aromatic heterocycles. The highest BCUT2D eigenvalue weighted by molar-refractivity contribution is 6.51. The van der Waals surface area contributed by atoms with Gasteiger partial charge in [0.1, 0.15) is 11.7 Å². The molecule has 1 aromatic rings. The molecular formula is C15H10O3. The third kappa shape index (κ3) is 1.32. The Labute approximate surface area is 104 Å². The van der Waals surface area contributed by atoms with E-state index < -0.39 is 17.5 Å². The van der Waals surface area contributed by atoms with Crippen LogP contribution in [-0.4, -0.2) is 11.6 Å². The summed E-state index contributed by atoms with van der Waals surface area (Å²) >= 11 is 0. The van der Waals surface area contributed by atoms with Crippen LogP contribution in [0.3, 0.4) is 0 Å². The molecular weight excluding hydrogens is 228 g/mol. The van der Waals surface area contributed by atoms with Crippen LogP contribution in [0.15, 0.2) is 34.0 Å². The number of fused-ring (bicyclic) bond motifs is 3. The normalized spacial score (nSPS) is 21.1. The second-order valence-corrected chi connectivity index (χ2v) is 4.53. The van der Waals surface area contributed by atoms with Gasteiger partial charge in [-0.2, -0.15) is 0 Å². The van der Waals surface area contributed by atoms with Gasteiger partial charge in [0, 0.05) is 5.57 Å². The highest BCUT2D eigenvalue weighted by atomic mass is 16.3. The summed E-state index contributed by atoms with van der Waals surface area (Å²) in [6.45, 7) is 3.61. The lowest BCUT2D eigenvalue weighted by molar-refractivity contribution is -0.112. The predicted molar refractivity (Wildman–Crippen MR) is 65.1 cm³/mol. The van der Waals surface area contributed by atoms with Crippen molar-refractivity contribution in [3.63, 3.8) is 0 Å². The molecule has 0 aromatic carbocycles. The monoisotopic (exact) mass is 238 g/mol. The topological polar surface area (TPSA) is 47.3 Å². The summed E-state index contributed by atoms with van der Waals surface area (Å²) < 4.78 is 5.43. The largest absolute Gasteiger partial charge is 0.467 e. The van der Waals surface area contributed by atoms with Crippen LogP contribution in [0.25, 0.3) is 0 Å². The lowest BCUT2D eigenvalue weighted by Crippen LogP contribution is -2.27. The fraction of sp³-hybridized carbons (Fsp3) is 0.200. The number of ketones is 2. The van der Waals surface area contributed by atoms with Crippen LogP contribution in [0.2, 0.25) is 0 Å². The van der Waals surface area contributed by atoms with Crippen molar-refractivity contribution in [3.05, 3.63) is 46.4 Å². The van der Waals surface area contributed by atoms with Crippen LogP contribution in [0, 0.1) is 18.8 Å². The minimum Gasteiger partial charge on any atom is -0.467 e. The summed E-state index contributed by atoms with van der Waals surface area (Å²) in [5, 5.41) is 0. The van der Waals surface area contributed by atoms with Gasteiger partial charge in [-0.15, -0.1) is 0 Å². The molecule has 2 aliphatic rings. The van der Waals surface area contributed by atoms with Gasteiger partial charge in [-0.1, -0.05) is 11.8 Å². The van der Waals surface area contributed by atoms with E-state index in [1.54, 1.807) is 19.1 Å². The molecule has 0 N–H and O–H groups in total. The Morgan fingerprint density at radius 3 is 2.78 bits per heavy atom. The van der Waals surface area contributed by atoms with E-state index in [4.69, 9.17) is 4.42 Å². The smallest absolute Gasteiger partial charge is 0.237 e. The third-order valence-corrected chi connectivity index (χ3v) is 3.18. The SMILES string of the molecule is CC1=CC#CC2C(=C1)C(=O)C(=O)c1c(C)coc12. The Hall–Kier alpha value is -2.34. The quantitative estimate of drug-likeness (QED) is 0.514. The average molecular weight is 238 g/mol. The number of hydrogen-bond donors (Lipinski definition) is 0. The molecule has 0 bridgehead atoms. The first-order valence-electron chi connectivity index (χ1n) is 5.66. The van der Waals surface area contributed by atoms with E-state index in [0.717, 1.165) is 5.57 Å². The Balaban J connectivity index is 2.30. The summed E-state index contributed by atoms with van der Waals surface area (Å²) in [4.78, 5) is 24.2. The first-order chi connectivity index (χ1) is 8.59. The van der Waals surface area contributed by atoms with Gasteiger partial charge in [0.05, 0.1) is 11.8 Å². The zero-order valence-corrected chi connectivity index (χ0v) is 10.0. The maximum absolute atomic E-state index is 12.1. The van der Waals surface area contributed by atoms with Crippen LogP contribution in [0.1, 0.15) is 34.5 Å². The van der Waals surface area contributed by atoms with E-state index in [2.05, 4.69) is 11.8 Å². The molecule has 0 aliphatic heterocycles. The Morgan fingerprint density at radius 2 is 2.00 bits per heavy atom. The van der Waals surface area contributed by atoms with Gasteiger partial charge in [0.15, 0.2) is 0 Å². The third-order valence-electron chi connectivity index (χ3n) is 3.18. The maximum atomic E-state index is 12.1. The summed E-state index contributed by atoms with van der Waals surface area (Å²) in [6.07, 6.45) is 4.95. The van der Waals surface area contributed by atoms with Crippen molar-refractivity contribution in [1.82, 2.24) is 0 Å². The van der Waals surface area contributed by atoms with Crippen LogP contribution < -0.4 is 0 Å². The molecule has 1 heterocycles. The van der Waals surface area contributed by atoms with Gasteiger partial charge in [0.25, 0.3) is 0 Å². The van der Waals surface area contributed by atoms with Crippen molar-refractivity contribution in [2.75, 3.05) is 0 Å². The van der Waals surface area contributed by atoms with Crippen molar-refractivity contribution < 1.29 is 14.0 Å². The number of rotatable bonds is 0. The molecule has 18 heavy (non-hydrogen) atoms. The van der Waals surface area contributed by atoms with E-state index in [1.165, 1.54) is 6.26 Å². The number of Topliss-reactive ketones (excluding diaryl/α,β-unsaturated/α-hetero) is 2. The van der Waals surface area contributed by atoms with Gasteiger partial charge in [-0.05, 0) is 37.1 Å². The summed E-state index contributed by atoms with van der Waals surface area (Å²) in [5.74, 6) is 4.98. The number of allylic oxidation sites excluding steroid dienone is 4. The van der Waals surface area contributed by atoms with Crippen LogP contribution in [0.5, 0.6) is 0 Å². The van der Waals surface area contributed by atoms with Crippen molar-refractivity contribution in [2.24, 2.45) is 0 Å². The number of furan rings is 1. The predicted octanol–water partition coefficient (Wildman–Crippen LogP) is 2.33. The first kappa shape index (κ1) is 10.8. The average Bonchev–Trinajstić information content (AvgIpc) is 2.60. The molecule has 3 heteroatoms. The van der Waals surface area contributed by atoms with E-state index >= 15 is 0 Å². The highest BCUT2D eigenvalue weighted by Gasteiger charge is 2.39. The first-order valence-corrected chi connectivity index (χ1v) is 5.66. The number of hydrogen-bond acceptors (Lipinski definition) is 3. The molecule has 2 aliphatic carbocycles. The van der Waals surface area contributed by atoms with E-state index in [9.17, 15) is 9.59 Å². The van der Waals surface area contributed by atoms with Crippen molar-refractivity contribution >= 4 is 11.6 Å². The molecule has 0 saturated heterocycles. The van der Waals surface area contributed by atoms with E-state index in [1.807, 2.05) is 6.92 Å². The fourth-order valence-electron chi connectivity index (χ4n) is 2.30. The second kappa shape index (κ2) is 3.58. The zero-order chi connectivity index (χ0) is 12.9. The summed E-state index contributed by atoms with van der Waals surface area (Å²) in [5.41, 5.74) is 2.36. The molecule has 0 amide bonds. The van der Waals surface area contributed by atoms with E-state index in [-0.39, 0.29) is 0 Å². The lowest BCUT2D eigenvalue weighted by Gasteiger charge is -2.18. The van der Waals surface area contributed by atoms with Gasteiger partial charge in [0.2, 0.25) is 11.6 Å². The Morgan fingerprint density at radius 1 is 1.22 bits per heavy atom. The molecule has 0 fully saturated rings. The minimum atomic E-state index is -0.491. The van der Waals surface area contributed by atoms with Crippen LogP contribution >= 0.6 is 0 Å². The van der Waals surface area contributed by atoms with Crippen molar-refractivity contribution in [1.29, 1.82) is 0 Å². The van der Waals surface area contributed by atoms with Crippen molar-refractivity contribution in [3.8, 4) is 11.8 Å². The number of aryl methyl sites for hydroxylation is 1. The molecule has 0 spiro atoms. The molecule has 1 atom stereocenters. The van der Waals surface area contributed by atoms with Crippen molar-refractivity contribution in [2.45, 2.75) is 19.8 Å². The number of carbonyl (C=O) groups excluding carboxylic acids is 2.